The lowest BCUT2D eigenvalue weighted by atomic mass is 10.0. The number of carbonyl (C=O) groups excluding carboxylic acids is 1. The van der Waals surface area contributed by atoms with E-state index in [-0.39, 0.29) is 24.6 Å². The number of likely N-dealkylation sites (tertiary alicyclic amines) is 1. The SMILES string of the molecule is Cc1ccc(C[C@H](CO)NC(=O)[C@H]2CCCN2C2CCOCC2)cc1. The van der Waals surface area contributed by atoms with Crippen LogP contribution in [0, 0.1) is 6.92 Å². The van der Waals surface area contributed by atoms with E-state index in [1.54, 1.807) is 0 Å². The van der Waals surface area contributed by atoms with E-state index in [1.807, 2.05) is 0 Å². The van der Waals surface area contributed by atoms with Crippen molar-refractivity contribution in [2.75, 3.05) is 26.4 Å². The molecule has 1 amide bonds. The number of aliphatic hydroxyl groups excluding tert-OH is 1. The summed E-state index contributed by atoms with van der Waals surface area (Å²) in [7, 11) is 0. The highest BCUT2D eigenvalue weighted by Crippen LogP contribution is 2.25. The zero-order chi connectivity index (χ0) is 17.6. The summed E-state index contributed by atoms with van der Waals surface area (Å²) in [6, 6.07) is 8.42. The Kier molecular flexibility index (Phi) is 6.45. The summed E-state index contributed by atoms with van der Waals surface area (Å²) in [6.45, 7) is 4.60. The van der Waals surface area contributed by atoms with Crippen molar-refractivity contribution in [2.24, 2.45) is 0 Å². The van der Waals surface area contributed by atoms with Gasteiger partial charge in [0.25, 0.3) is 0 Å². The topological polar surface area (TPSA) is 61.8 Å². The van der Waals surface area contributed by atoms with Gasteiger partial charge in [-0.1, -0.05) is 29.8 Å². The van der Waals surface area contributed by atoms with Crippen molar-refractivity contribution in [3.8, 4) is 0 Å². The molecule has 2 heterocycles. The molecule has 5 nitrogen and oxygen atoms in total. The molecule has 2 aliphatic rings. The Balaban J connectivity index is 1.57. The third-order valence-electron chi connectivity index (χ3n) is 5.43. The van der Waals surface area contributed by atoms with Crippen molar-refractivity contribution < 1.29 is 14.6 Å². The Labute approximate surface area is 150 Å². The largest absolute Gasteiger partial charge is 0.394 e. The molecule has 0 unspecified atom stereocenters. The summed E-state index contributed by atoms with van der Waals surface area (Å²) in [4.78, 5) is 15.2. The van der Waals surface area contributed by atoms with E-state index >= 15 is 0 Å². The first-order valence-electron chi connectivity index (χ1n) is 9.47. The first-order valence-corrected chi connectivity index (χ1v) is 9.47. The van der Waals surface area contributed by atoms with E-state index in [2.05, 4.69) is 41.4 Å². The molecule has 3 rings (SSSR count). The first-order chi connectivity index (χ1) is 12.2. The molecule has 2 fully saturated rings. The first kappa shape index (κ1) is 18.4. The number of nitrogens with zero attached hydrogens (tertiary/aromatic N) is 1. The number of aliphatic hydroxyl groups is 1. The lowest BCUT2D eigenvalue weighted by Crippen LogP contribution is -2.52. The highest BCUT2D eigenvalue weighted by molar-refractivity contribution is 5.82. The van der Waals surface area contributed by atoms with Crippen LogP contribution in [0.4, 0.5) is 0 Å². The Morgan fingerprint density at radius 3 is 2.68 bits per heavy atom. The van der Waals surface area contributed by atoms with Crippen molar-refractivity contribution in [1.82, 2.24) is 10.2 Å². The minimum Gasteiger partial charge on any atom is -0.394 e. The van der Waals surface area contributed by atoms with Gasteiger partial charge in [0, 0.05) is 19.3 Å². The van der Waals surface area contributed by atoms with Gasteiger partial charge in [-0.3, -0.25) is 9.69 Å². The molecule has 5 heteroatoms. The van der Waals surface area contributed by atoms with E-state index < -0.39 is 0 Å². The molecule has 2 saturated heterocycles. The zero-order valence-corrected chi connectivity index (χ0v) is 15.1. The minimum absolute atomic E-state index is 0.0381. The standard InChI is InChI=1S/C20H30N2O3/c1-15-4-6-16(7-5-15)13-17(14-23)21-20(24)19-3-2-10-22(19)18-8-11-25-12-9-18/h4-7,17-19,23H,2-3,8-14H2,1H3,(H,21,24)/t17-,19-/m1/s1. The van der Waals surface area contributed by atoms with Crippen LogP contribution in [-0.4, -0.2) is 60.4 Å². The van der Waals surface area contributed by atoms with Gasteiger partial charge in [-0.05, 0) is 51.1 Å². The maximum absolute atomic E-state index is 12.8. The molecule has 0 radical (unpaired) electrons. The van der Waals surface area contributed by atoms with Gasteiger partial charge >= 0.3 is 0 Å². The molecule has 2 atom stereocenters. The van der Waals surface area contributed by atoms with Gasteiger partial charge in [-0.15, -0.1) is 0 Å². The summed E-state index contributed by atoms with van der Waals surface area (Å²) in [5.41, 5.74) is 2.35. The highest BCUT2D eigenvalue weighted by atomic mass is 16.5. The number of amides is 1. The van der Waals surface area contributed by atoms with Gasteiger partial charge in [0.2, 0.25) is 5.91 Å². The number of benzene rings is 1. The van der Waals surface area contributed by atoms with Crippen LogP contribution in [0.3, 0.4) is 0 Å². The minimum atomic E-state index is -0.229. The molecule has 0 bridgehead atoms. The van der Waals surface area contributed by atoms with Crippen molar-refractivity contribution in [2.45, 2.75) is 57.2 Å². The predicted molar refractivity (Wildman–Crippen MR) is 97.5 cm³/mol. The second-order valence-electron chi connectivity index (χ2n) is 7.32. The number of hydrogen-bond acceptors (Lipinski definition) is 4. The molecule has 2 N–H and O–H groups in total. The van der Waals surface area contributed by atoms with Crippen LogP contribution in [0.25, 0.3) is 0 Å². The third kappa shape index (κ3) is 4.81. The van der Waals surface area contributed by atoms with Crippen molar-refractivity contribution in [3.05, 3.63) is 35.4 Å². The molecule has 1 aromatic carbocycles. The normalized spacial score (nSPS) is 23.5. The summed E-state index contributed by atoms with van der Waals surface area (Å²) in [6.07, 6.45) is 4.66. The fourth-order valence-electron chi connectivity index (χ4n) is 3.99. The van der Waals surface area contributed by atoms with Crippen LogP contribution < -0.4 is 5.32 Å². The maximum Gasteiger partial charge on any atom is 0.237 e. The second kappa shape index (κ2) is 8.79. The molecule has 2 aliphatic heterocycles. The van der Waals surface area contributed by atoms with Crippen LogP contribution >= 0.6 is 0 Å². The maximum atomic E-state index is 12.8. The van der Waals surface area contributed by atoms with Crippen LogP contribution in [-0.2, 0) is 16.0 Å². The summed E-state index contributed by atoms with van der Waals surface area (Å²) >= 11 is 0. The molecule has 0 saturated carbocycles. The van der Waals surface area contributed by atoms with Gasteiger partial charge in [0.05, 0.1) is 18.7 Å². The second-order valence-corrected chi connectivity index (χ2v) is 7.32. The van der Waals surface area contributed by atoms with Gasteiger partial charge in [0.1, 0.15) is 0 Å². The predicted octanol–water partition coefficient (Wildman–Crippen LogP) is 1.66. The monoisotopic (exact) mass is 346 g/mol. The van der Waals surface area contributed by atoms with Crippen LogP contribution in [0.1, 0.15) is 36.8 Å². The molecule has 0 aliphatic carbocycles. The average Bonchev–Trinajstić information content (AvgIpc) is 3.13. The van der Waals surface area contributed by atoms with Crippen LogP contribution in [0.15, 0.2) is 24.3 Å². The fourth-order valence-corrected chi connectivity index (χ4v) is 3.99. The number of aryl methyl sites for hydroxylation is 1. The van der Waals surface area contributed by atoms with Crippen molar-refractivity contribution in [1.29, 1.82) is 0 Å². The fraction of sp³-hybridized carbons (Fsp3) is 0.650. The van der Waals surface area contributed by atoms with E-state index in [4.69, 9.17) is 4.74 Å². The van der Waals surface area contributed by atoms with Gasteiger partial charge in [0.15, 0.2) is 0 Å². The van der Waals surface area contributed by atoms with Crippen LogP contribution in [0.5, 0.6) is 0 Å². The molecular weight excluding hydrogens is 316 g/mol. The summed E-state index contributed by atoms with van der Waals surface area (Å²) < 4.78 is 5.45. The number of hydrogen-bond donors (Lipinski definition) is 2. The zero-order valence-electron chi connectivity index (χ0n) is 15.1. The van der Waals surface area contributed by atoms with Crippen molar-refractivity contribution >= 4 is 5.91 Å². The highest BCUT2D eigenvalue weighted by Gasteiger charge is 2.36. The summed E-state index contributed by atoms with van der Waals surface area (Å²) in [5.74, 6) is 0.0650. The van der Waals surface area contributed by atoms with Gasteiger partial charge < -0.3 is 15.2 Å². The Morgan fingerprint density at radius 2 is 2.00 bits per heavy atom. The molecule has 138 valence electrons. The van der Waals surface area contributed by atoms with E-state index in [0.717, 1.165) is 51.0 Å². The lowest BCUT2D eigenvalue weighted by Gasteiger charge is -2.35. The third-order valence-corrected chi connectivity index (χ3v) is 5.43. The number of rotatable bonds is 6. The Morgan fingerprint density at radius 1 is 1.28 bits per heavy atom. The van der Waals surface area contributed by atoms with Crippen LogP contribution in [0.2, 0.25) is 0 Å². The Bertz CT molecular complexity index is 555. The lowest BCUT2D eigenvalue weighted by molar-refractivity contribution is -0.128. The average molecular weight is 346 g/mol. The van der Waals surface area contributed by atoms with E-state index in [1.165, 1.54) is 5.56 Å². The smallest absolute Gasteiger partial charge is 0.237 e. The number of ether oxygens (including phenoxy) is 1. The van der Waals surface area contributed by atoms with Gasteiger partial charge in [-0.2, -0.15) is 0 Å². The molecular formula is C20H30N2O3. The molecule has 0 spiro atoms. The van der Waals surface area contributed by atoms with E-state index in [9.17, 15) is 9.90 Å². The van der Waals surface area contributed by atoms with Gasteiger partial charge in [-0.25, -0.2) is 0 Å². The molecule has 25 heavy (non-hydrogen) atoms. The number of carbonyl (C=O) groups is 1. The molecule has 0 aromatic heterocycles. The van der Waals surface area contributed by atoms with Crippen molar-refractivity contribution in [3.63, 3.8) is 0 Å². The summed E-state index contributed by atoms with van der Waals surface area (Å²) in [5, 5.41) is 12.8. The quantitative estimate of drug-likeness (QED) is 0.822. The Hall–Kier alpha value is -1.43. The number of nitrogens with one attached hydrogen (secondary N) is 1. The van der Waals surface area contributed by atoms with E-state index in [0.29, 0.717) is 12.5 Å². The molecule has 1 aromatic rings.